The molecule has 2 aromatic heterocycles. The van der Waals surface area contributed by atoms with Crippen molar-refractivity contribution in [3.63, 3.8) is 0 Å². The van der Waals surface area contributed by atoms with Crippen LogP contribution in [0.15, 0.2) is 24.7 Å². The number of carbonyl (C=O) groups excluding carboxylic acids is 1. The molecule has 2 heterocycles. The normalized spacial score (nSPS) is 25.6. The molecule has 2 aliphatic carbocycles. The number of hydrogen-bond donors (Lipinski definition) is 1. The molecular formula is C17H22N4O2. The molecule has 1 amide bonds. The molecule has 0 saturated heterocycles. The molecule has 0 bridgehead atoms. The van der Waals surface area contributed by atoms with Crippen molar-refractivity contribution in [2.75, 3.05) is 6.61 Å². The number of amides is 1. The van der Waals surface area contributed by atoms with Gasteiger partial charge in [0.1, 0.15) is 6.33 Å². The Morgan fingerprint density at radius 1 is 1.43 bits per heavy atom. The van der Waals surface area contributed by atoms with Crippen LogP contribution >= 0.6 is 0 Å². The lowest BCUT2D eigenvalue weighted by atomic mass is 9.60. The molecular weight excluding hydrogens is 292 g/mol. The van der Waals surface area contributed by atoms with E-state index in [1.54, 1.807) is 23.0 Å². The smallest absolute Gasteiger partial charge is 0.253 e. The van der Waals surface area contributed by atoms with Gasteiger partial charge in [-0.15, -0.1) is 10.2 Å². The Balaban J connectivity index is 1.50. The van der Waals surface area contributed by atoms with E-state index in [4.69, 9.17) is 4.74 Å². The second kappa shape index (κ2) is 5.60. The minimum Gasteiger partial charge on any atom is -0.378 e. The molecule has 1 N–H and O–H groups in total. The number of carbonyl (C=O) groups is 1. The van der Waals surface area contributed by atoms with E-state index in [2.05, 4.69) is 15.5 Å². The lowest BCUT2D eigenvalue weighted by molar-refractivity contribution is -0.127. The van der Waals surface area contributed by atoms with E-state index in [1.165, 1.54) is 12.8 Å². The lowest BCUT2D eigenvalue weighted by Gasteiger charge is -2.54. The Morgan fingerprint density at radius 3 is 3.04 bits per heavy atom. The number of aromatic nitrogens is 3. The van der Waals surface area contributed by atoms with Crippen molar-refractivity contribution in [2.24, 2.45) is 5.41 Å². The minimum atomic E-state index is -0.0215. The molecule has 0 radical (unpaired) electrons. The second-order valence-corrected chi connectivity index (χ2v) is 6.66. The van der Waals surface area contributed by atoms with Gasteiger partial charge in [-0.05, 0) is 38.3 Å². The van der Waals surface area contributed by atoms with Crippen LogP contribution < -0.4 is 5.32 Å². The minimum absolute atomic E-state index is 0.0215. The molecule has 4 rings (SSSR count). The Morgan fingerprint density at radius 2 is 2.26 bits per heavy atom. The summed E-state index contributed by atoms with van der Waals surface area (Å²) < 4.78 is 7.68. The quantitative estimate of drug-likeness (QED) is 0.939. The fourth-order valence-electron chi connectivity index (χ4n) is 4.29. The molecule has 6 nitrogen and oxygen atoms in total. The van der Waals surface area contributed by atoms with Crippen molar-refractivity contribution >= 4 is 11.6 Å². The maximum absolute atomic E-state index is 12.6. The maximum atomic E-state index is 12.6. The van der Waals surface area contributed by atoms with Gasteiger partial charge in [0.15, 0.2) is 5.65 Å². The first-order valence-electron chi connectivity index (χ1n) is 8.45. The number of hydrogen-bond acceptors (Lipinski definition) is 4. The Bertz CT molecular complexity index is 720. The van der Waals surface area contributed by atoms with Crippen molar-refractivity contribution in [3.8, 4) is 0 Å². The third-order valence-corrected chi connectivity index (χ3v) is 5.55. The number of pyridine rings is 1. The maximum Gasteiger partial charge on any atom is 0.253 e. The number of fused-ring (bicyclic) bond motifs is 1. The highest BCUT2D eigenvalue weighted by atomic mass is 16.5. The average molecular weight is 314 g/mol. The number of rotatable bonds is 4. The van der Waals surface area contributed by atoms with Crippen LogP contribution in [0.3, 0.4) is 0 Å². The standard InChI is InChI=1S/C17H22N4O2/c1-2-23-14-9-13(17(14)7-3-4-8-17)19-16(22)12-5-6-15-20-18-11-21(15)10-12/h5-6,10-11,13-14H,2-4,7-9H2,1H3,(H,19,22). The van der Waals surface area contributed by atoms with Crippen LogP contribution in [-0.4, -0.2) is 39.3 Å². The largest absolute Gasteiger partial charge is 0.378 e. The summed E-state index contributed by atoms with van der Waals surface area (Å²) in [7, 11) is 0. The first-order chi connectivity index (χ1) is 11.2. The summed E-state index contributed by atoms with van der Waals surface area (Å²) >= 11 is 0. The van der Waals surface area contributed by atoms with Gasteiger partial charge in [-0.1, -0.05) is 12.8 Å². The van der Waals surface area contributed by atoms with Gasteiger partial charge in [0.05, 0.1) is 11.7 Å². The second-order valence-electron chi connectivity index (χ2n) is 6.66. The fraction of sp³-hybridized carbons (Fsp3) is 0.588. The molecule has 0 aliphatic heterocycles. The SMILES string of the molecule is CCOC1CC(NC(=O)c2ccc3nncn3c2)C12CCCC2. The topological polar surface area (TPSA) is 68.5 Å². The van der Waals surface area contributed by atoms with E-state index in [9.17, 15) is 4.79 Å². The molecule has 0 aromatic carbocycles. The van der Waals surface area contributed by atoms with E-state index < -0.39 is 0 Å². The van der Waals surface area contributed by atoms with Crippen LogP contribution in [0.25, 0.3) is 5.65 Å². The highest BCUT2D eigenvalue weighted by Gasteiger charge is 2.57. The van der Waals surface area contributed by atoms with Crippen molar-refractivity contribution in [1.29, 1.82) is 0 Å². The molecule has 1 spiro atoms. The molecule has 122 valence electrons. The third kappa shape index (κ3) is 2.32. The summed E-state index contributed by atoms with van der Waals surface area (Å²) in [4.78, 5) is 12.6. The predicted molar refractivity (Wildman–Crippen MR) is 85.2 cm³/mol. The predicted octanol–water partition coefficient (Wildman–Crippen LogP) is 2.20. The molecule has 2 saturated carbocycles. The van der Waals surface area contributed by atoms with Gasteiger partial charge in [-0.3, -0.25) is 9.20 Å². The Labute approximate surface area is 135 Å². The van der Waals surface area contributed by atoms with Crippen LogP contribution in [0, 0.1) is 5.41 Å². The van der Waals surface area contributed by atoms with Gasteiger partial charge < -0.3 is 10.1 Å². The Kier molecular flexibility index (Phi) is 3.56. The summed E-state index contributed by atoms with van der Waals surface area (Å²) in [6.07, 6.45) is 9.42. The molecule has 2 unspecified atom stereocenters. The van der Waals surface area contributed by atoms with Crippen LogP contribution in [-0.2, 0) is 4.74 Å². The number of nitrogens with one attached hydrogen (secondary N) is 1. The Hall–Kier alpha value is -1.95. The van der Waals surface area contributed by atoms with E-state index in [0.717, 1.165) is 31.5 Å². The van der Waals surface area contributed by atoms with E-state index >= 15 is 0 Å². The van der Waals surface area contributed by atoms with Crippen LogP contribution in [0.5, 0.6) is 0 Å². The van der Waals surface area contributed by atoms with Crippen molar-refractivity contribution in [2.45, 2.75) is 51.2 Å². The zero-order chi connectivity index (χ0) is 15.9. The lowest BCUT2D eigenvalue weighted by Crippen LogP contribution is -2.63. The monoisotopic (exact) mass is 314 g/mol. The summed E-state index contributed by atoms with van der Waals surface area (Å²) in [5.41, 5.74) is 1.55. The summed E-state index contributed by atoms with van der Waals surface area (Å²) in [5.74, 6) is -0.0215. The molecule has 2 aromatic rings. The first kappa shape index (κ1) is 14.6. The van der Waals surface area contributed by atoms with Gasteiger partial charge in [0, 0.05) is 24.3 Å². The fourth-order valence-corrected chi connectivity index (χ4v) is 4.29. The van der Waals surface area contributed by atoms with Crippen LogP contribution in [0.2, 0.25) is 0 Å². The highest BCUT2D eigenvalue weighted by molar-refractivity contribution is 5.94. The third-order valence-electron chi connectivity index (χ3n) is 5.55. The van der Waals surface area contributed by atoms with Crippen molar-refractivity contribution in [3.05, 3.63) is 30.2 Å². The molecule has 23 heavy (non-hydrogen) atoms. The van der Waals surface area contributed by atoms with Crippen molar-refractivity contribution < 1.29 is 9.53 Å². The van der Waals surface area contributed by atoms with Gasteiger partial charge in [-0.25, -0.2) is 0 Å². The van der Waals surface area contributed by atoms with Crippen LogP contribution in [0.4, 0.5) is 0 Å². The van der Waals surface area contributed by atoms with Crippen molar-refractivity contribution in [1.82, 2.24) is 19.9 Å². The molecule has 2 fully saturated rings. The van der Waals surface area contributed by atoms with Gasteiger partial charge in [-0.2, -0.15) is 0 Å². The summed E-state index contributed by atoms with van der Waals surface area (Å²) in [6.45, 7) is 2.79. The number of nitrogens with zero attached hydrogens (tertiary/aromatic N) is 3. The highest BCUT2D eigenvalue weighted by Crippen LogP contribution is 2.54. The first-order valence-corrected chi connectivity index (χ1v) is 8.45. The van der Waals surface area contributed by atoms with Crippen LogP contribution in [0.1, 0.15) is 49.4 Å². The summed E-state index contributed by atoms with van der Waals surface area (Å²) in [6, 6.07) is 3.85. The van der Waals surface area contributed by atoms with Gasteiger partial charge >= 0.3 is 0 Å². The zero-order valence-electron chi connectivity index (χ0n) is 13.4. The van der Waals surface area contributed by atoms with Gasteiger partial charge in [0.2, 0.25) is 0 Å². The van der Waals surface area contributed by atoms with E-state index in [0.29, 0.717) is 11.7 Å². The zero-order valence-corrected chi connectivity index (χ0v) is 13.4. The van der Waals surface area contributed by atoms with E-state index in [1.807, 2.05) is 13.0 Å². The van der Waals surface area contributed by atoms with Gasteiger partial charge in [0.25, 0.3) is 5.91 Å². The number of ether oxygens (including phenoxy) is 1. The molecule has 2 aliphatic rings. The average Bonchev–Trinajstić information content (AvgIpc) is 3.23. The summed E-state index contributed by atoms with van der Waals surface area (Å²) in [5, 5.41) is 11.0. The molecule has 6 heteroatoms. The van der Waals surface area contributed by atoms with E-state index in [-0.39, 0.29) is 17.4 Å². The molecule has 2 atom stereocenters.